The molecule has 0 unspecified atom stereocenters. The van der Waals surface area contributed by atoms with Crippen molar-refractivity contribution in [1.82, 2.24) is 29.1 Å². The van der Waals surface area contributed by atoms with Crippen LogP contribution in [0.15, 0.2) is 200 Å². The number of hydrogen-bond donors (Lipinski definition) is 0. The van der Waals surface area contributed by atoms with Crippen molar-refractivity contribution in [3.8, 4) is 73.6 Å². The van der Waals surface area contributed by atoms with Crippen LogP contribution in [0.3, 0.4) is 0 Å². The maximum atomic E-state index is 5.24. The van der Waals surface area contributed by atoms with Crippen LogP contribution in [-0.2, 0) is 31.9 Å². The second-order valence-corrected chi connectivity index (χ2v) is 20.4. The number of para-hydroxylation sites is 3. The summed E-state index contributed by atoms with van der Waals surface area (Å²) in [6, 6.07) is 75.3. The van der Waals surface area contributed by atoms with Gasteiger partial charge in [0.25, 0.3) is 6.33 Å². The zero-order valence-electron chi connectivity index (χ0n) is 41.5. The monoisotopic (exact) mass is 1120 g/mol. The summed E-state index contributed by atoms with van der Waals surface area (Å²) in [5, 5.41) is 2.19. The first-order valence-corrected chi connectivity index (χ1v) is 24.5. The van der Waals surface area contributed by atoms with Crippen LogP contribution in [0.1, 0.15) is 52.7 Å². The minimum atomic E-state index is -0.0977. The van der Waals surface area contributed by atoms with Crippen LogP contribution in [0.4, 0.5) is 0 Å². The third-order valence-corrected chi connectivity index (χ3v) is 13.5. The molecule has 73 heavy (non-hydrogen) atoms. The van der Waals surface area contributed by atoms with Crippen molar-refractivity contribution >= 4 is 32.8 Å². The first kappa shape index (κ1) is 47.2. The van der Waals surface area contributed by atoms with E-state index < -0.39 is 0 Å². The number of aromatic nitrogens is 7. The molecule has 358 valence electrons. The Hall–Kier alpha value is -8.12. The molecule has 0 spiro atoms. The van der Waals surface area contributed by atoms with Gasteiger partial charge in [0.15, 0.2) is 0 Å². The Labute approximate surface area is 440 Å². The Kier molecular flexibility index (Phi) is 12.2. The Morgan fingerprint density at radius 3 is 1.67 bits per heavy atom. The van der Waals surface area contributed by atoms with E-state index >= 15 is 0 Å². The quantitative estimate of drug-likeness (QED) is 0.112. The molecule has 0 atom stereocenters. The Balaban J connectivity index is 0.00000574. The molecule has 0 aliphatic heterocycles. The van der Waals surface area contributed by atoms with Crippen molar-refractivity contribution in [3.63, 3.8) is 0 Å². The van der Waals surface area contributed by atoms with Crippen molar-refractivity contribution in [2.45, 2.75) is 52.4 Å². The van der Waals surface area contributed by atoms with Gasteiger partial charge in [0, 0.05) is 38.3 Å². The maximum absolute atomic E-state index is 5.24. The average molecular weight is 1130 g/mol. The van der Waals surface area contributed by atoms with E-state index in [1.54, 1.807) is 0 Å². The Morgan fingerprint density at radius 2 is 1.03 bits per heavy atom. The molecule has 0 fully saturated rings. The second kappa shape index (κ2) is 18.8. The van der Waals surface area contributed by atoms with Gasteiger partial charge in [-0.05, 0) is 79.0 Å². The van der Waals surface area contributed by atoms with E-state index in [9.17, 15) is 0 Å². The molecule has 0 aliphatic carbocycles. The number of fused-ring (bicyclic) bond motifs is 4. The van der Waals surface area contributed by atoms with Crippen LogP contribution in [0.2, 0.25) is 0 Å². The smallest absolute Gasteiger partial charge is 0.268 e. The van der Waals surface area contributed by atoms with E-state index in [4.69, 9.17) is 19.9 Å². The molecule has 8 aromatic carbocycles. The standard InChI is InChI=1S/C65H51N7.Pt/c1-64(2,3)48-35-36-66-59(41-48)72-55-30-17-16-29-51(55)52-34-33-47(38-58(52)72)63-68-61(45-25-14-9-15-26-45)67-62(69-63)46-27-20-28-50(37-46)70-42-71(57-32-19-18-31-56(57)70)60-53(43-21-10-7-11-22-43)39-49(65(4,5)6)40-54(60)44-23-12-8-13-24-44;/h7-36,39-41H,1-6H3;/q-2;. The van der Waals surface area contributed by atoms with Crippen molar-refractivity contribution in [2.75, 3.05) is 0 Å². The van der Waals surface area contributed by atoms with Crippen molar-refractivity contribution in [3.05, 3.63) is 230 Å². The summed E-state index contributed by atoms with van der Waals surface area (Å²) in [4.78, 5) is 20.5. The zero-order valence-corrected chi connectivity index (χ0v) is 43.8. The molecule has 0 bridgehead atoms. The van der Waals surface area contributed by atoms with Gasteiger partial charge in [0.05, 0.1) is 28.4 Å². The van der Waals surface area contributed by atoms with Crippen molar-refractivity contribution in [2.24, 2.45) is 0 Å². The zero-order chi connectivity index (χ0) is 49.1. The summed E-state index contributed by atoms with van der Waals surface area (Å²) in [5.74, 6) is 2.39. The van der Waals surface area contributed by atoms with Crippen LogP contribution >= 0.6 is 0 Å². The molecule has 8 heteroatoms. The van der Waals surface area contributed by atoms with Gasteiger partial charge in [0.1, 0.15) is 11.6 Å². The summed E-state index contributed by atoms with van der Waals surface area (Å²) >= 11 is 0. The average Bonchev–Trinajstić information content (AvgIpc) is 3.97. The number of hydrogen-bond acceptors (Lipinski definition) is 4. The van der Waals surface area contributed by atoms with Gasteiger partial charge in [-0.3, -0.25) is 14.5 Å². The summed E-state index contributed by atoms with van der Waals surface area (Å²) in [6.45, 7) is 13.5. The van der Waals surface area contributed by atoms with Gasteiger partial charge < -0.3 is 14.1 Å². The summed E-state index contributed by atoms with van der Waals surface area (Å²) in [6.07, 6.45) is 5.75. The number of pyridine rings is 1. The molecule has 7 nitrogen and oxygen atoms in total. The molecular weight excluding hydrogens is 1070 g/mol. The van der Waals surface area contributed by atoms with E-state index in [-0.39, 0.29) is 31.9 Å². The van der Waals surface area contributed by atoms with Gasteiger partial charge in [-0.1, -0.05) is 193 Å². The van der Waals surface area contributed by atoms with E-state index in [1.807, 2.05) is 48.7 Å². The normalized spacial score (nSPS) is 11.9. The maximum Gasteiger partial charge on any atom is 0.268 e. The molecule has 4 aromatic heterocycles. The van der Waals surface area contributed by atoms with Gasteiger partial charge >= 0.3 is 0 Å². The van der Waals surface area contributed by atoms with Crippen LogP contribution in [0, 0.1) is 18.5 Å². The molecule has 4 heterocycles. The van der Waals surface area contributed by atoms with Crippen LogP contribution in [0.25, 0.3) is 106 Å². The molecule has 0 aliphatic rings. The first-order valence-electron chi connectivity index (χ1n) is 24.5. The van der Waals surface area contributed by atoms with E-state index in [0.717, 1.165) is 83.4 Å². The molecule has 0 amide bonds. The molecule has 0 radical (unpaired) electrons. The van der Waals surface area contributed by atoms with Gasteiger partial charge in [-0.25, -0.2) is 4.98 Å². The fourth-order valence-corrected chi connectivity index (χ4v) is 9.71. The summed E-state index contributed by atoms with van der Waals surface area (Å²) in [7, 11) is 0. The third-order valence-electron chi connectivity index (χ3n) is 13.5. The molecule has 0 saturated carbocycles. The predicted octanol–water partition coefficient (Wildman–Crippen LogP) is 14.9. The first-order chi connectivity index (χ1) is 35.0. The van der Waals surface area contributed by atoms with E-state index in [1.165, 1.54) is 11.1 Å². The van der Waals surface area contributed by atoms with Crippen LogP contribution in [-0.4, -0.2) is 29.1 Å². The minimum Gasteiger partial charge on any atom is -0.313 e. The number of rotatable bonds is 8. The molecule has 0 saturated heterocycles. The topological polar surface area (TPSA) is 65.3 Å². The molecule has 0 N–H and O–H groups in total. The largest absolute Gasteiger partial charge is 0.313 e. The van der Waals surface area contributed by atoms with Crippen molar-refractivity contribution in [1.29, 1.82) is 0 Å². The minimum absolute atomic E-state index is 0. The fourth-order valence-electron chi connectivity index (χ4n) is 9.71. The van der Waals surface area contributed by atoms with Gasteiger partial charge in [-0.2, -0.15) is 0 Å². The van der Waals surface area contributed by atoms with E-state index in [2.05, 4.69) is 225 Å². The Bertz CT molecular complexity index is 3930. The van der Waals surface area contributed by atoms with Crippen molar-refractivity contribution < 1.29 is 25.6 Å². The molecule has 12 aromatic rings. The van der Waals surface area contributed by atoms with Crippen LogP contribution < -0.4 is 4.57 Å². The predicted molar refractivity (Wildman–Crippen MR) is 291 cm³/mol. The summed E-state index contributed by atoms with van der Waals surface area (Å²) < 4.78 is 6.53. The number of nitrogens with zero attached hydrogens (tertiary/aromatic N) is 7. The third kappa shape index (κ3) is 8.78. The Morgan fingerprint density at radius 1 is 0.466 bits per heavy atom. The molecular formula is C65H51N7Pt-2. The fraction of sp³-hybridized carbons (Fsp3) is 0.123. The number of benzene rings is 8. The summed E-state index contributed by atoms with van der Waals surface area (Å²) in [5.41, 5.74) is 14.9. The van der Waals surface area contributed by atoms with Gasteiger partial charge in [-0.15, -0.1) is 53.6 Å². The second-order valence-electron chi connectivity index (χ2n) is 20.4. The number of imidazole rings is 1. The SMILES string of the molecule is CC(C)(C)c1ccnc(-n2c3[c-]c(-c4nc(-c5[c-]c(-[n+]6[c-]n(-c7c(-c8ccccc8)cc(C(C)(C)C)cc7-c7ccccc7)c7ccccc76)ccc5)nc(-c5ccccc5)n4)ccc3c3ccccc32)c1.[Pt]. The van der Waals surface area contributed by atoms with Crippen LogP contribution in [0.5, 0.6) is 0 Å². The van der Waals surface area contributed by atoms with E-state index in [0.29, 0.717) is 23.0 Å². The van der Waals surface area contributed by atoms with Gasteiger partial charge in [0.2, 0.25) is 0 Å². The molecule has 12 rings (SSSR count).